The van der Waals surface area contributed by atoms with Gasteiger partial charge in [0, 0.05) is 0 Å². The van der Waals surface area contributed by atoms with Gasteiger partial charge in [-0.3, -0.25) is 0 Å². The molecule has 2 atom stereocenters. The highest BCUT2D eigenvalue weighted by Crippen LogP contribution is 2.29. The van der Waals surface area contributed by atoms with Gasteiger partial charge in [-0.2, -0.15) is 0 Å². The zero-order chi connectivity index (χ0) is 10.8. The van der Waals surface area contributed by atoms with E-state index < -0.39 is 0 Å². The van der Waals surface area contributed by atoms with Gasteiger partial charge in [0.05, 0.1) is 10.6 Å². The molecule has 0 saturated heterocycles. The van der Waals surface area contributed by atoms with Crippen LogP contribution in [0.25, 0.3) is 0 Å². The second kappa shape index (κ2) is 4.62. The average Bonchev–Trinajstić information content (AvgIpc) is 2.59. The van der Waals surface area contributed by atoms with Crippen molar-refractivity contribution in [2.24, 2.45) is 5.92 Å². The Bertz CT molecular complexity index is 353. The molecule has 0 bridgehead atoms. The van der Waals surface area contributed by atoms with Crippen LogP contribution < -0.4 is 0 Å². The molecular formula is C12H14BrFO. The molecule has 0 heterocycles. The summed E-state index contributed by atoms with van der Waals surface area (Å²) in [7, 11) is 0. The molecule has 0 aliphatic heterocycles. The minimum atomic E-state index is -0.231. The van der Waals surface area contributed by atoms with Gasteiger partial charge in [0.25, 0.3) is 0 Å². The van der Waals surface area contributed by atoms with Crippen molar-refractivity contribution in [3.8, 4) is 0 Å². The number of benzene rings is 1. The third-order valence-electron chi connectivity index (χ3n) is 3.10. The van der Waals surface area contributed by atoms with Crippen LogP contribution in [0.5, 0.6) is 0 Å². The lowest BCUT2D eigenvalue weighted by atomic mass is 9.96. The van der Waals surface area contributed by atoms with E-state index in [0.29, 0.717) is 10.4 Å². The summed E-state index contributed by atoms with van der Waals surface area (Å²) < 4.78 is 13.5. The molecule has 1 saturated carbocycles. The first-order valence-corrected chi connectivity index (χ1v) is 6.08. The lowest BCUT2D eigenvalue weighted by molar-refractivity contribution is 0.132. The van der Waals surface area contributed by atoms with E-state index in [0.717, 1.165) is 31.2 Å². The monoisotopic (exact) mass is 272 g/mol. The summed E-state index contributed by atoms with van der Waals surface area (Å²) in [5.74, 6) is 0.119. The molecular weight excluding hydrogens is 259 g/mol. The molecule has 2 unspecified atom stereocenters. The highest BCUT2D eigenvalue weighted by molar-refractivity contribution is 9.10. The molecule has 1 aliphatic carbocycles. The fourth-order valence-corrected chi connectivity index (χ4v) is 2.65. The molecule has 1 fully saturated rings. The first-order valence-electron chi connectivity index (χ1n) is 5.29. The molecule has 1 aromatic rings. The largest absolute Gasteiger partial charge is 0.393 e. The maximum Gasteiger partial charge on any atom is 0.137 e. The summed E-state index contributed by atoms with van der Waals surface area (Å²) in [6.45, 7) is 0. The molecule has 0 spiro atoms. The van der Waals surface area contributed by atoms with E-state index in [9.17, 15) is 9.50 Å². The predicted molar refractivity (Wildman–Crippen MR) is 61.2 cm³/mol. The fraction of sp³-hybridized carbons (Fsp3) is 0.500. The van der Waals surface area contributed by atoms with Crippen LogP contribution in [0.15, 0.2) is 22.7 Å². The van der Waals surface area contributed by atoms with Crippen molar-refractivity contribution in [2.75, 3.05) is 0 Å². The van der Waals surface area contributed by atoms with Gasteiger partial charge in [-0.05, 0) is 58.8 Å². The summed E-state index contributed by atoms with van der Waals surface area (Å²) in [5.41, 5.74) is 1.09. The molecule has 0 radical (unpaired) electrons. The first kappa shape index (κ1) is 11.1. The van der Waals surface area contributed by atoms with Crippen molar-refractivity contribution in [3.05, 3.63) is 34.1 Å². The van der Waals surface area contributed by atoms with Crippen molar-refractivity contribution >= 4 is 15.9 Å². The molecule has 82 valence electrons. The Morgan fingerprint density at radius 3 is 2.80 bits per heavy atom. The highest BCUT2D eigenvalue weighted by Gasteiger charge is 2.25. The second-order valence-electron chi connectivity index (χ2n) is 4.21. The second-order valence-corrected chi connectivity index (χ2v) is 5.07. The Morgan fingerprint density at radius 1 is 1.40 bits per heavy atom. The quantitative estimate of drug-likeness (QED) is 0.876. The topological polar surface area (TPSA) is 20.2 Å². The lowest BCUT2D eigenvalue weighted by Gasteiger charge is -2.14. The van der Waals surface area contributed by atoms with Gasteiger partial charge in [-0.1, -0.05) is 12.5 Å². The zero-order valence-electron chi connectivity index (χ0n) is 8.42. The number of halogens is 2. The van der Waals surface area contributed by atoms with Crippen LogP contribution in [0.3, 0.4) is 0 Å². The Labute approximate surface area is 97.4 Å². The number of aliphatic hydroxyl groups is 1. The fourth-order valence-electron chi connectivity index (χ4n) is 2.22. The predicted octanol–water partition coefficient (Wildman–Crippen LogP) is 3.29. The molecule has 1 nitrogen and oxygen atoms in total. The molecule has 1 aromatic carbocycles. The standard InChI is InChI=1S/C12H14BrFO/c13-10-7-8(4-5-11(10)14)6-9-2-1-3-12(9)15/h4-5,7,9,12,15H,1-3,6H2. The van der Waals surface area contributed by atoms with E-state index >= 15 is 0 Å². The summed E-state index contributed by atoms with van der Waals surface area (Å²) >= 11 is 3.17. The van der Waals surface area contributed by atoms with E-state index in [1.807, 2.05) is 0 Å². The maximum absolute atomic E-state index is 13.0. The maximum atomic E-state index is 13.0. The van der Waals surface area contributed by atoms with Crippen molar-refractivity contribution in [1.82, 2.24) is 0 Å². The van der Waals surface area contributed by atoms with Crippen molar-refractivity contribution < 1.29 is 9.50 Å². The third-order valence-corrected chi connectivity index (χ3v) is 3.71. The Morgan fingerprint density at radius 2 is 2.20 bits per heavy atom. The van der Waals surface area contributed by atoms with Crippen molar-refractivity contribution in [1.29, 1.82) is 0 Å². The Kier molecular flexibility index (Phi) is 3.42. The van der Waals surface area contributed by atoms with Crippen LogP contribution in [0, 0.1) is 11.7 Å². The van der Waals surface area contributed by atoms with Gasteiger partial charge >= 0.3 is 0 Å². The normalized spacial score (nSPS) is 25.8. The van der Waals surface area contributed by atoms with Crippen LogP contribution in [-0.2, 0) is 6.42 Å². The molecule has 2 rings (SSSR count). The third kappa shape index (κ3) is 2.58. The van der Waals surface area contributed by atoms with E-state index in [1.165, 1.54) is 6.07 Å². The van der Waals surface area contributed by atoms with E-state index in [-0.39, 0.29) is 11.9 Å². The van der Waals surface area contributed by atoms with Gasteiger partial charge in [0.1, 0.15) is 5.82 Å². The SMILES string of the molecule is OC1CCCC1Cc1ccc(F)c(Br)c1. The number of hydrogen-bond acceptors (Lipinski definition) is 1. The molecule has 15 heavy (non-hydrogen) atoms. The average molecular weight is 273 g/mol. The molecule has 0 aromatic heterocycles. The Balaban J connectivity index is 2.07. The van der Waals surface area contributed by atoms with Crippen molar-refractivity contribution in [2.45, 2.75) is 31.8 Å². The van der Waals surface area contributed by atoms with Crippen LogP contribution in [0.2, 0.25) is 0 Å². The van der Waals surface area contributed by atoms with Crippen LogP contribution in [0.4, 0.5) is 4.39 Å². The summed E-state index contributed by atoms with van der Waals surface area (Å²) in [4.78, 5) is 0. The summed E-state index contributed by atoms with van der Waals surface area (Å²) in [6, 6.07) is 5.08. The number of rotatable bonds is 2. The van der Waals surface area contributed by atoms with E-state index in [2.05, 4.69) is 15.9 Å². The van der Waals surface area contributed by atoms with Crippen LogP contribution in [-0.4, -0.2) is 11.2 Å². The van der Waals surface area contributed by atoms with Gasteiger partial charge in [-0.25, -0.2) is 4.39 Å². The van der Waals surface area contributed by atoms with E-state index in [4.69, 9.17) is 0 Å². The highest BCUT2D eigenvalue weighted by atomic mass is 79.9. The summed E-state index contributed by atoms with van der Waals surface area (Å²) in [6.07, 6.45) is 3.77. The van der Waals surface area contributed by atoms with E-state index in [1.54, 1.807) is 12.1 Å². The van der Waals surface area contributed by atoms with Crippen LogP contribution in [0.1, 0.15) is 24.8 Å². The smallest absolute Gasteiger partial charge is 0.137 e. The molecule has 3 heteroatoms. The van der Waals surface area contributed by atoms with Gasteiger partial charge < -0.3 is 5.11 Å². The first-order chi connectivity index (χ1) is 7.16. The van der Waals surface area contributed by atoms with Crippen LogP contribution >= 0.6 is 15.9 Å². The summed E-state index contributed by atoms with van der Waals surface area (Å²) in [5, 5.41) is 9.69. The van der Waals surface area contributed by atoms with Gasteiger partial charge in [0.2, 0.25) is 0 Å². The molecule has 1 N–H and O–H groups in total. The minimum Gasteiger partial charge on any atom is -0.393 e. The number of hydrogen-bond donors (Lipinski definition) is 1. The number of aliphatic hydroxyl groups excluding tert-OH is 1. The van der Waals surface area contributed by atoms with Crippen molar-refractivity contribution in [3.63, 3.8) is 0 Å². The van der Waals surface area contributed by atoms with Gasteiger partial charge in [0.15, 0.2) is 0 Å². The van der Waals surface area contributed by atoms with Gasteiger partial charge in [-0.15, -0.1) is 0 Å². The zero-order valence-corrected chi connectivity index (χ0v) is 10.0. The Hall–Kier alpha value is -0.410. The molecule has 1 aliphatic rings. The lowest BCUT2D eigenvalue weighted by Crippen LogP contribution is -2.15. The molecule has 0 amide bonds. The minimum absolute atomic E-state index is 0.172.